The molecule has 0 aromatic rings. The van der Waals surface area contributed by atoms with Gasteiger partial charge in [-0.15, -0.1) is 0 Å². The molecule has 2 atom stereocenters. The number of rotatable bonds is 11. The molecule has 30 heavy (non-hydrogen) atoms. The zero-order valence-corrected chi connectivity index (χ0v) is 19.1. The molecule has 2 unspecified atom stereocenters. The van der Waals surface area contributed by atoms with E-state index in [9.17, 15) is 0 Å². The summed E-state index contributed by atoms with van der Waals surface area (Å²) in [6.07, 6.45) is 18.4. The van der Waals surface area contributed by atoms with Crippen LogP contribution in [-0.4, -0.2) is 49.9 Å². The minimum atomic E-state index is 0.244. The third-order valence-corrected chi connectivity index (χ3v) is 6.44. The number of allylic oxidation sites excluding steroid dienone is 2. The SMILES string of the molecule is C=C(/C=C/C1=CNC(NC(C)CN(C)CC2CCCC2)CN1)NOC1CCCCC1. The summed E-state index contributed by atoms with van der Waals surface area (Å²) >= 11 is 0. The highest BCUT2D eigenvalue weighted by Gasteiger charge is 2.19. The summed E-state index contributed by atoms with van der Waals surface area (Å²) in [7, 11) is 2.25. The molecule has 0 amide bonds. The summed E-state index contributed by atoms with van der Waals surface area (Å²) in [5.41, 5.74) is 4.83. The van der Waals surface area contributed by atoms with Crippen LogP contribution < -0.4 is 21.4 Å². The monoisotopic (exact) mass is 417 g/mol. The summed E-state index contributed by atoms with van der Waals surface area (Å²) in [6, 6.07) is 0.446. The Morgan fingerprint density at radius 3 is 2.67 bits per heavy atom. The van der Waals surface area contributed by atoms with E-state index in [1.54, 1.807) is 0 Å². The van der Waals surface area contributed by atoms with E-state index in [0.29, 0.717) is 12.1 Å². The van der Waals surface area contributed by atoms with Gasteiger partial charge in [0.2, 0.25) is 0 Å². The zero-order chi connectivity index (χ0) is 21.2. The van der Waals surface area contributed by atoms with Gasteiger partial charge >= 0.3 is 0 Å². The maximum atomic E-state index is 5.75. The van der Waals surface area contributed by atoms with Crippen molar-refractivity contribution in [3.05, 3.63) is 36.3 Å². The third kappa shape index (κ3) is 8.32. The van der Waals surface area contributed by atoms with Crippen molar-refractivity contribution in [2.24, 2.45) is 5.92 Å². The molecule has 0 radical (unpaired) electrons. The van der Waals surface area contributed by atoms with Gasteiger partial charge in [-0.1, -0.05) is 38.7 Å². The van der Waals surface area contributed by atoms with Gasteiger partial charge in [-0.25, -0.2) is 0 Å². The first kappa shape index (κ1) is 23.2. The predicted octanol–water partition coefficient (Wildman–Crippen LogP) is 3.37. The standard InChI is InChI=1S/C24H43N5O/c1-19(28-30-23-11-5-4-6-12-23)13-14-22-15-26-24(16-25-22)27-20(2)17-29(3)18-21-9-7-8-10-21/h13-15,20-21,23-28H,1,4-12,16-18H2,2-3H3/b14-13+. The van der Waals surface area contributed by atoms with Gasteiger partial charge < -0.3 is 15.5 Å². The first-order valence-corrected chi connectivity index (χ1v) is 12.0. The average molecular weight is 418 g/mol. The molecule has 0 spiro atoms. The fourth-order valence-electron chi connectivity index (χ4n) is 4.87. The lowest BCUT2D eigenvalue weighted by molar-refractivity contribution is -0.0245. The maximum absolute atomic E-state index is 5.75. The summed E-state index contributed by atoms with van der Waals surface area (Å²) in [6.45, 7) is 9.47. The second kappa shape index (κ2) is 12.4. The second-order valence-electron chi connectivity index (χ2n) is 9.48. The van der Waals surface area contributed by atoms with E-state index >= 15 is 0 Å². The van der Waals surface area contributed by atoms with Gasteiger partial charge in [0.05, 0.1) is 23.7 Å². The summed E-state index contributed by atoms with van der Waals surface area (Å²) in [5, 5.41) is 10.6. The van der Waals surface area contributed by atoms with E-state index in [4.69, 9.17) is 4.84 Å². The Labute approximate surface area is 183 Å². The van der Waals surface area contributed by atoms with Gasteiger partial charge in [-0.2, -0.15) is 0 Å². The molecule has 3 rings (SSSR count). The molecule has 0 saturated heterocycles. The predicted molar refractivity (Wildman–Crippen MR) is 124 cm³/mol. The lowest BCUT2D eigenvalue weighted by Crippen LogP contribution is -2.54. The van der Waals surface area contributed by atoms with Gasteiger partial charge in [-0.3, -0.25) is 15.6 Å². The molecule has 2 aliphatic carbocycles. The van der Waals surface area contributed by atoms with Crippen LogP contribution in [0, 0.1) is 5.92 Å². The zero-order valence-electron chi connectivity index (χ0n) is 19.1. The summed E-state index contributed by atoms with van der Waals surface area (Å²) in [5.74, 6) is 0.909. The van der Waals surface area contributed by atoms with Crippen molar-refractivity contribution in [2.75, 3.05) is 26.7 Å². The number of hydrogen-bond acceptors (Lipinski definition) is 6. The Balaban J connectivity index is 1.30. The van der Waals surface area contributed by atoms with Gasteiger partial charge in [0.25, 0.3) is 0 Å². The van der Waals surface area contributed by atoms with E-state index < -0.39 is 0 Å². The van der Waals surface area contributed by atoms with Crippen molar-refractivity contribution >= 4 is 0 Å². The molecule has 2 fully saturated rings. The Kier molecular flexibility index (Phi) is 9.56. The van der Waals surface area contributed by atoms with Crippen LogP contribution >= 0.6 is 0 Å². The highest BCUT2D eigenvalue weighted by molar-refractivity contribution is 5.25. The van der Waals surface area contributed by atoms with E-state index in [-0.39, 0.29) is 6.17 Å². The van der Waals surface area contributed by atoms with Crippen molar-refractivity contribution < 1.29 is 4.84 Å². The molecule has 3 aliphatic rings. The molecule has 4 N–H and O–H groups in total. The number of nitrogens with zero attached hydrogens (tertiary/aromatic N) is 1. The minimum absolute atomic E-state index is 0.244. The van der Waals surface area contributed by atoms with E-state index in [1.807, 2.05) is 18.4 Å². The number of likely N-dealkylation sites (N-methyl/N-ethyl adjacent to an activating group) is 1. The van der Waals surface area contributed by atoms with Crippen molar-refractivity contribution in [1.29, 1.82) is 0 Å². The van der Waals surface area contributed by atoms with Crippen LogP contribution in [-0.2, 0) is 4.84 Å². The number of hydrogen-bond donors (Lipinski definition) is 4. The molecule has 6 nitrogen and oxygen atoms in total. The normalized spacial score (nSPS) is 24.5. The highest BCUT2D eigenvalue weighted by Crippen LogP contribution is 2.25. The van der Waals surface area contributed by atoms with Gasteiger partial charge in [-0.05, 0) is 57.7 Å². The van der Waals surface area contributed by atoms with Crippen LogP contribution in [0.5, 0.6) is 0 Å². The number of hydroxylamine groups is 1. The first-order valence-electron chi connectivity index (χ1n) is 12.0. The largest absolute Gasteiger partial charge is 0.380 e. The Morgan fingerprint density at radius 2 is 1.97 bits per heavy atom. The molecular weight excluding hydrogens is 374 g/mol. The molecule has 6 heteroatoms. The molecule has 170 valence electrons. The Hall–Kier alpha value is -1.50. The lowest BCUT2D eigenvalue weighted by atomic mass is 9.98. The summed E-state index contributed by atoms with van der Waals surface area (Å²) < 4.78 is 0. The Morgan fingerprint density at radius 1 is 1.23 bits per heavy atom. The average Bonchev–Trinajstić information content (AvgIpc) is 3.25. The molecule has 1 heterocycles. The van der Waals surface area contributed by atoms with Crippen LogP contribution in [0.15, 0.2) is 36.3 Å². The molecule has 0 bridgehead atoms. The van der Waals surface area contributed by atoms with Gasteiger partial charge in [0, 0.05) is 31.9 Å². The van der Waals surface area contributed by atoms with Crippen LogP contribution in [0.4, 0.5) is 0 Å². The van der Waals surface area contributed by atoms with E-state index in [0.717, 1.165) is 43.2 Å². The van der Waals surface area contributed by atoms with Crippen LogP contribution in [0.25, 0.3) is 0 Å². The molecule has 0 aromatic carbocycles. The first-order chi connectivity index (χ1) is 14.6. The van der Waals surface area contributed by atoms with Crippen molar-refractivity contribution in [3.63, 3.8) is 0 Å². The van der Waals surface area contributed by atoms with Crippen LogP contribution in [0.1, 0.15) is 64.7 Å². The van der Waals surface area contributed by atoms with E-state index in [1.165, 1.54) is 51.5 Å². The van der Waals surface area contributed by atoms with Gasteiger partial charge in [0.1, 0.15) is 0 Å². The maximum Gasteiger partial charge on any atom is 0.0944 e. The molecule has 0 aromatic heterocycles. The molecule has 2 saturated carbocycles. The lowest BCUT2D eigenvalue weighted by Gasteiger charge is -2.31. The van der Waals surface area contributed by atoms with Crippen molar-refractivity contribution in [2.45, 2.75) is 83.0 Å². The topological polar surface area (TPSA) is 60.6 Å². The fourth-order valence-corrected chi connectivity index (χ4v) is 4.87. The fraction of sp³-hybridized carbons (Fsp3) is 0.750. The van der Waals surface area contributed by atoms with Crippen LogP contribution in [0.2, 0.25) is 0 Å². The molecular formula is C24H43N5O. The third-order valence-electron chi connectivity index (χ3n) is 6.44. The van der Waals surface area contributed by atoms with Crippen molar-refractivity contribution in [1.82, 2.24) is 26.3 Å². The minimum Gasteiger partial charge on any atom is -0.380 e. The smallest absolute Gasteiger partial charge is 0.0944 e. The van der Waals surface area contributed by atoms with E-state index in [2.05, 4.69) is 46.9 Å². The van der Waals surface area contributed by atoms with Crippen molar-refractivity contribution in [3.8, 4) is 0 Å². The summed E-state index contributed by atoms with van der Waals surface area (Å²) in [4.78, 5) is 8.24. The van der Waals surface area contributed by atoms with Crippen LogP contribution in [0.3, 0.4) is 0 Å². The molecule has 1 aliphatic heterocycles. The Bertz CT molecular complexity index is 578. The highest BCUT2D eigenvalue weighted by atomic mass is 16.7. The second-order valence-corrected chi connectivity index (χ2v) is 9.48. The van der Waals surface area contributed by atoms with Gasteiger partial charge in [0.15, 0.2) is 0 Å². The number of nitrogens with one attached hydrogen (secondary N) is 4. The quantitative estimate of drug-likeness (QED) is 0.305.